The minimum atomic E-state index is -3.54. The highest BCUT2D eigenvalue weighted by atomic mass is 32.2. The van der Waals surface area contributed by atoms with E-state index in [2.05, 4.69) is 11.4 Å². The van der Waals surface area contributed by atoms with Crippen molar-refractivity contribution in [3.8, 4) is 0 Å². The maximum Gasteiger partial charge on any atom is 0.323 e. The van der Waals surface area contributed by atoms with Gasteiger partial charge in [0.05, 0.1) is 5.75 Å². The Morgan fingerprint density at radius 2 is 2.27 bits per heavy atom. The van der Waals surface area contributed by atoms with Crippen molar-refractivity contribution >= 4 is 16.0 Å². The van der Waals surface area contributed by atoms with Crippen LogP contribution in [-0.4, -0.2) is 20.1 Å². The van der Waals surface area contributed by atoms with Crippen LogP contribution in [0.2, 0.25) is 0 Å². The maximum absolute atomic E-state index is 10.7. The molecule has 64 valence electrons. The third-order valence-corrected chi connectivity index (χ3v) is 1.66. The second kappa shape index (κ2) is 4.09. The normalized spacial score (nSPS) is 10.6. The molecule has 0 unspecified atom stereocenters. The maximum atomic E-state index is 10.7. The van der Waals surface area contributed by atoms with Crippen LogP contribution in [0.5, 0.6) is 0 Å². The monoisotopic (exact) mass is 179 g/mol. The van der Waals surface area contributed by atoms with Gasteiger partial charge in [-0.15, -0.1) is 6.58 Å². The molecule has 0 aliphatic carbocycles. The zero-order valence-electron chi connectivity index (χ0n) is 6.03. The summed E-state index contributed by atoms with van der Waals surface area (Å²) in [7, 11) is -3.54. The fraction of sp³-hybridized carbons (Fsp3) is 0.400. The molecule has 1 N–H and O–H groups in total. The third-order valence-electron chi connectivity index (χ3n) is 0.650. The molecule has 5 nitrogen and oxygen atoms in total. The molecule has 0 bridgehead atoms. The lowest BCUT2D eigenvalue weighted by molar-refractivity contribution is -0.144. The molecule has 0 aliphatic rings. The molecule has 0 aliphatic heterocycles. The van der Waals surface area contributed by atoms with Gasteiger partial charge in [0.25, 0.3) is 0 Å². The van der Waals surface area contributed by atoms with Gasteiger partial charge in [0.1, 0.15) is 0 Å². The topological polar surface area (TPSA) is 72.5 Å². The standard InChI is InChI=1S/C5H9NO4S/c1-3-4-11(8,9)6-10-5(2)7/h3,6H,1,4H2,2H3. The number of carbonyl (C=O) groups is 1. The van der Waals surface area contributed by atoms with E-state index in [1.807, 2.05) is 0 Å². The van der Waals surface area contributed by atoms with Gasteiger partial charge in [-0.1, -0.05) is 6.08 Å². The molecule has 0 fully saturated rings. The summed E-state index contributed by atoms with van der Waals surface area (Å²) in [6, 6.07) is 0. The van der Waals surface area contributed by atoms with Crippen LogP contribution < -0.4 is 4.89 Å². The van der Waals surface area contributed by atoms with Gasteiger partial charge in [0.2, 0.25) is 10.0 Å². The van der Waals surface area contributed by atoms with E-state index in [0.29, 0.717) is 0 Å². The van der Waals surface area contributed by atoms with Crippen LogP contribution in [0.1, 0.15) is 6.92 Å². The summed E-state index contributed by atoms with van der Waals surface area (Å²) in [6.07, 6.45) is 1.19. The van der Waals surface area contributed by atoms with E-state index in [1.54, 1.807) is 4.89 Å². The molecule has 0 rings (SSSR count). The van der Waals surface area contributed by atoms with Crippen LogP contribution in [0.25, 0.3) is 0 Å². The van der Waals surface area contributed by atoms with Gasteiger partial charge in [-0.3, -0.25) is 4.79 Å². The molecular weight excluding hydrogens is 170 g/mol. The number of hydrogen-bond acceptors (Lipinski definition) is 4. The number of nitrogens with one attached hydrogen (secondary N) is 1. The van der Waals surface area contributed by atoms with Crippen molar-refractivity contribution in [2.45, 2.75) is 6.92 Å². The molecule has 0 spiro atoms. The predicted molar refractivity (Wildman–Crippen MR) is 38.9 cm³/mol. The predicted octanol–water partition coefficient (Wildman–Crippen LogP) is -0.430. The third kappa shape index (κ3) is 5.56. The van der Waals surface area contributed by atoms with Gasteiger partial charge in [-0.2, -0.15) is 0 Å². The molecule has 6 heteroatoms. The minimum Gasteiger partial charge on any atom is -0.356 e. The summed E-state index contributed by atoms with van der Waals surface area (Å²) in [5.74, 6) is -0.988. The first kappa shape index (κ1) is 10.1. The Hall–Kier alpha value is -0.880. The summed E-state index contributed by atoms with van der Waals surface area (Å²) in [5, 5.41) is 0. The lowest BCUT2D eigenvalue weighted by atomic mass is 10.8. The molecule has 0 aromatic rings. The largest absolute Gasteiger partial charge is 0.356 e. The summed E-state index contributed by atoms with van der Waals surface area (Å²) < 4.78 is 21.4. The van der Waals surface area contributed by atoms with Crippen LogP contribution in [-0.2, 0) is 19.7 Å². The SMILES string of the molecule is C=CCS(=O)(=O)NOC(C)=O. The summed E-state index contributed by atoms with van der Waals surface area (Å²) in [5.41, 5.74) is 0. The average molecular weight is 179 g/mol. The van der Waals surface area contributed by atoms with E-state index in [4.69, 9.17) is 0 Å². The molecular formula is C5H9NO4S. The van der Waals surface area contributed by atoms with E-state index in [0.717, 1.165) is 6.92 Å². The van der Waals surface area contributed by atoms with Crippen molar-refractivity contribution in [1.82, 2.24) is 4.89 Å². The molecule has 0 aromatic carbocycles. The highest BCUT2D eigenvalue weighted by molar-refractivity contribution is 7.89. The van der Waals surface area contributed by atoms with Crippen LogP contribution in [0.15, 0.2) is 12.7 Å². The van der Waals surface area contributed by atoms with Crippen LogP contribution >= 0.6 is 0 Å². The van der Waals surface area contributed by atoms with Gasteiger partial charge in [0, 0.05) is 6.92 Å². The Labute approximate surface area is 65.0 Å². The summed E-state index contributed by atoms with van der Waals surface area (Å²) in [6.45, 7) is 4.31. The van der Waals surface area contributed by atoms with Crippen LogP contribution in [0.3, 0.4) is 0 Å². The Morgan fingerprint density at radius 1 is 1.73 bits per heavy atom. The lowest BCUT2D eigenvalue weighted by Gasteiger charge is -2.01. The van der Waals surface area contributed by atoms with Crippen molar-refractivity contribution in [3.63, 3.8) is 0 Å². The van der Waals surface area contributed by atoms with Gasteiger partial charge < -0.3 is 4.84 Å². The van der Waals surface area contributed by atoms with Crippen molar-refractivity contribution in [2.24, 2.45) is 0 Å². The number of hydrogen-bond donors (Lipinski definition) is 1. The van der Waals surface area contributed by atoms with E-state index < -0.39 is 16.0 Å². The lowest BCUT2D eigenvalue weighted by Crippen LogP contribution is -2.27. The molecule has 0 atom stereocenters. The van der Waals surface area contributed by atoms with Crippen molar-refractivity contribution in [1.29, 1.82) is 0 Å². The molecule has 0 aromatic heterocycles. The van der Waals surface area contributed by atoms with E-state index in [9.17, 15) is 13.2 Å². The Morgan fingerprint density at radius 3 is 2.64 bits per heavy atom. The molecule has 11 heavy (non-hydrogen) atoms. The minimum absolute atomic E-state index is 0.277. The number of rotatable bonds is 4. The highest BCUT2D eigenvalue weighted by Gasteiger charge is 2.07. The second-order valence-electron chi connectivity index (χ2n) is 1.75. The molecule has 0 heterocycles. The fourth-order valence-electron chi connectivity index (χ4n) is 0.311. The molecule has 0 amide bonds. The van der Waals surface area contributed by atoms with Crippen molar-refractivity contribution < 1.29 is 18.0 Å². The van der Waals surface area contributed by atoms with Gasteiger partial charge in [-0.25, -0.2) is 8.42 Å². The van der Waals surface area contributed by atoms with Crippen molar-refractivity contribution in [2.75, 3.05) is 5.75 Å². The smallest absolute Gasteiger partial charge is 0.323 e. The summed E-state index contributed by atoms with van der Waals surface area (Å²) in [4.78, 5) is 15.8. The van der Waals surface area contributed by atoms with E-state index in [1.165, 1.54) is 6.08 Å². The Kier molecular flexibility index (Phi) is 3.77. The molecule has 0 saturated heterocycles. The van der Waals surface area contributed by atoms with Gasteiger partial charge >= 0.3 is 5.97 Å². The number of sulfonamides is 1. The fourth-order valence-corrected chi connectivity index (χ4v) is 0.934. The van der Waals surface area contributed by atoms with Crippen LogP contribution in [0, 0.1) is 0 Å². The zero-order valence-corrected chi connectivity index (χ0v) is 6.85. The first-order valence-corrected chi connectivity index (χ1v) is 4.41. The molecule has 0 saturated carbocycles. The second-order valence-corrected chi connectivity index (χ2v) is 3.48. The Bertz CT molecular complexity index is 243. The quantitative estimate of drug-likeness (QED) is 0.469. The average Bonchev–Trinajstić information content (AvgIpc) is 1.84. The number of carbonyl (C=O) groups excluding carboxylic acids is 1. The van der Waals surface area contributed by atoms with Crippen molar-refractivity contribution in [3.05, 3.63) is 12.7 Å². The first-order chi connectivity index (χ1) is 4.98. The zero-order chi connectivity index (χ0) is 8.91. The first-order valence-electron chi connectivity index (χ1n) is 2.76. The van der Waals surface area contributed by atoms with E-state index >= 15 is 0 Å². The Balaban J connectivity index is 3.93. The molecule has 0 radical (unpaired) electrons. The van der Waals surface area contributed by atoms with Gasteiger partial charge in [-0.05, 0) is 4.89 Å². The van der Waals surface area contributed by atoms with Gasteiger partial charge in [0.15, 0.2) is 0 Å². The van der Waals surface area contributed by atoms with E-state index in [-0.39, 0.29) is 5.75 Å². The summed E-state index contributed by atoms with van der Waals surface area (Å²) >= 11 is 0. The highest BCUT2D eigenvalue weighted by Crippen LogP contribution is 1.84. The van der Waals surface area contributed by atoms with Crippen LogP contribution in [0.4, 0.5) is 0 Å².